The summed E-state index contributed by atoms with van der Waals surface area (Å²) < 4.78 is 4.94. The van der Waals surface area contributed by atoms with Crippen molar-refractivity contribution >= 4 is 34.2 Å². The Bertz CT molecular complexity index is 1080. The molecule has 0 radical (unpaired) electrons. The monoisotopic (exact) mass is 390 g/mol. The smallest absolute Gasteiger partial charge is 0.325 e. The molecule has 0 unspecified atom stereocenters. The molecule has 0 aliphatic rings. The highest BCUT2D eigenvalue weighted by Crippen LogP contribution is 2.16. The molecule has 0 aromatic heterocycles. The lowest BCUT2D eigenvalue weighted by Crippen LogP contribution is -2.32. The van der Waals surface area contributed by atoms with E-state index in [-0.39, 0.29) is 12.5 Å². The molecule has 3 aromatic carbocycles. The van der Waals surface area contributed by atoms with E-state index in [0.29, 0.717) is 11.3 Å². The summed E-state index contributed by atoms with van der Waals surface area (Å²) in [5, 5.41) is 7.18. The summed E-state index contributed by atoms with van der Waals surface area (Å²) in [5.74, 6) is -1.50. The van der Waals surface area contributed by atoms with E-state index in [4.69, 9.17) is 4.74 Å². The second kappa shape index (κ2) is 9.01. The van der Waals surface area contributed by atoms with Gasteiger partial charge in [0, 0.05) is 11.3 Å². The number of benzene rings is 3. The van der Waals surface area contributed by atoms with Crippen LogP contribution in [-0.2, 0) is 14.3 Å². The molecule has 0 atom stereocenters. The fourth-order valence-electron chi connectivity index (χ4n) is 2.84. The molecule has 0 bridgehead atoms. The number of hydrogen-bond acceptors (Lipinski definition) is 4. The highest BCUT2D eigenvalue weighted by atomic mass is 16.5. The molecule has 0 fully saturated rings. The average Bonchev–Trinajstić information content (AvgIpc) is 2.72. The van der Waals surface area contributed by atoms with Gasteiger partial charge in [0.2, 0.25) is 0 Å². The van der Waals surface area contributed by atoms with E-state index < -0.39 is 18.5 Å². The predicted octanol–water partition coefficient (Wildman–Crippen LogP) is 3.37. The quantitative estimate of drug-likeness (QED) is 0.632. The molecule has 6 heteroatoms. The number of anilines is 1. The zero-order valence-electron chi connectivity index (χ0n) is 16.3. The van der Waals surface area contributed by atoms with Gasteiger partial charge in [-0.2, -0.15) is 0 Å². The lowest BCUT2D eigenvalue weighted by molar-refractivity contribution is -0.146. The van der Waals surface area contributed by atoms with Crippen LogP contribution in [0.2, 0.25) is 0 Å². The molecule has 0 aliphatic carbocycles. The summed E-state index contributed by atoms with van der Waals surface area (Å²) in [6.07, 6.45) is 0. The van der Waals surface area contributed by atoms with Crippen LogP contribution in [0.1, 0.15) is 21.5 Å². The number of hydrogen-bond donors (Lipinski definition) is 2. The minimum Gasteiger partial charge on any atom is -0.454 e. The number of carbonyl (C=O) groups excluding carboxylic acids is 3. The molecule has 6 nitrogen and oxygen atoms in total. The number of fused-ring (bicyclic) bond motifs is 1. The summed E-state index contributed by atoms with van der Waals surface area (Å²) in [6.45, 7) is 3.07. The first kappa shape index (κ1) is 20.1. The van der Waals surface area contributed by atoms with Crippen molar-refractivity contribution in [3.8, 4) is 0 Å². The minimum absolute atomic E-state index is 0.317. The van der Waals surface area contributed by atoms with Crippen LogP contribution in [0.4, 0.5) is 5.69 Å². The van der Waals surface area contributed by atoms with Gasteiger partial charge in [-0.1, -0.05) is 42.5 Å². The van der Waals surface area contributed by atoms with Gasteiger partial charge in [0.15, 0.2) is 6.61 Å². The molecular formula is C23H22N2O4. The van der Waals surface area contributed by atoms with Crippen LogP contribution in [0.3, 0.4) is 0 Å². The van der Waals surface area contributed by atoms with Gasteiger partial charge in [0.05, 0.1) is 0 Å². The SMILES string of the molecule is Cc1ccc(C)c(NC(=O)COC(=O)CNC(=O)c2ccc3ccccc3c2)c1. The summed E-state index contributed by atoms with van der Waals surface area (Å²) in [7, 11) is 0. The van der Waals surface area contributed by atoms with E-state index in [1.165, 1.54) is 0 Å². The van der Waals surface area contributed by atoms with Crippen molar-refractivity contribution < 1.29 is 19.1 Å². The predicted molar refractivity (Wildman–Crippen MR) is 112 cm³/mol. The van der Waals surface area contributed by atoms with E-state index >= 15 is 0 Å². The normalized spacial score (nSPS) is 10.4. The first-order valence-corrected chi connectivity index (χ1v) is 9.22. The molecule has 3 aromatic rings. The van der Waals surface area contributed by atoms with E-state index in [1.54, 1.807) is 12.1 Å². The van der Waals surface area contributed by atoms with Gasteiger partial charge < -0.3 is 15.4 Å². The van der Waals surface area contributed by atoms with Crippen LogP contribution in [0.15, 0.2) is 60.7 Å². The van der Waals surface area contributed by atoms with Crippen molar-refractivity contribution in [2.75, 3.05) is 18.5 Å². The fraction of sp³-hybridized carbons (Fsp3) is 0.174. The molecule has 148 valence electrons. The molecule has 0 saturated carbocycles. The highest BCUT2D eigenvalue weighted by molar-refractivity contribution is 6.00. The molecule has 3 rings (SSSR count). The maximum absolute atomic E-state index is 12.2. The fourth-order valence-corrected chi connectivity index (χ4v) is 2.84. The molecule has 29 heavy (non-hydrogen) atoms. The summed E-state index contributed by atoms with van der Waals surface area (Å²) in [5.41, 5.74) is 3.05. The van der Waals surface area contributed by atoms with Crippen molar-refractivity contribution in [3.05, 3.63) is 77.4 Å². The number of aryl methyl sites for hydroxylation is 2. The van der Waals surface area contributed by atoms with Crippen LogP contribution in [0.5, 0.6) is 0 Å². The van der Waals surface area contributed by atoms with Crippen molar-refractivity contribution in [2.45, 2.75) is 13.8 Å². The van der Waals surface area contributed by atoms with Crippen LogP contribution < -0.4 is 10.6 Å². The third-order valence-electron chi connectivity index (χ3n) is 4.44. The Kier molecular flexibility index (Phi) is 6.24. The number of carbonyl (C=O) groups is 3. The summed E-state index contributed by atoms with van der Waals surface area (Å²) in [4.78, 5) is 36.1. The largest absolute Gasteiger partial charge is 0.454 e. The number of nitrogens with one attached hydrogen (secondary N) is 2. The van der Waals surface area contributed by atoms with Gasteiger partial charge in [-0.05, 0) is 53.9 Å². The van der Waals surface area contributed by atoms with Crippen LogP contribution >= 0.6 is 0 Å². The highest BCUT2D eigenvalue weighted by Gasteiger charge is 2.12. The molecule has 0 aliphatic heterocycles. The third-order valence-corrected chi connectivity index (χ3v) is 4.44. The Morgan fingerprint density at radius 1 is 0.897 bits per heavy atom. The lowest BCUT2D eigenvalue weighted by atomic mass is 10.1. The van der Waals surface area contributed by atoms with Crippen LogP contribution in [0, 0.1) is 13.8 Å². The number of ether oxygens (including phenoxy) is 1. The van der Waals surface area contributed by atoms with E-state index in [0.717, 1.165) is 21.9 Å². The van der Waals surface area contributed by atoms with Crippen LogP contribution in [-0.4, -0.2) is 30.9 Å². The zero-order chi connectivity index (χ0) is 20.8. The Hall–Kier alpha value is -3.67. The van der Waals surface area contributed by atoms with Crippen molar-refractivity contribution in [1.29, 1.82) is 0 Å². The lowest BCUT2D eigenvalue weighted by Gasteiger charge is -2.10. The Morgan fingerprint density at radius 2 is 1.66 bits per heavy atom. The van der Waals surface area contributed by atoms with E-state index in [2.05, 4.69) is 10.6 Å². The molecular weight excluding hydrogens is 368 g/mol. The Balaban J connectivity index is 1.47. The Labute approximate surface area is 168 Å². The van der Waals surface area contributed by atoms with Gasteiger partial charge in [0.1, 0.15) is 6.54 Å². The summed E-state index contributed by atoms with van der Waals surface area (Å²) >= 11 is 0. The number of rotatable bonds is 6. The van der Waals surface area contributed by atoms with Gasteiger partial charge in [0.25, 0.3) is 11.8 Å². The van der Waals surface area contributed by atoms with Crippen molar-refractivity contribution in [1.82, 2.24) is 5.32 Å². The van der Waals surface area contributed by atoms with Gasteiger partial charge in [-0.15, -0.1) is 0 Å². The van der Waals surface area contributed by atoms with Gasteiger partial charge in [-0.25, -0.2) is 0 Å². The Morgan fingerprint density at radius 3 is 2.45 bits per heavy atom. The van der Waals surface area contributed by atoms with E-state index in [9.17, 15) is 14.4 Å². The van der Waals surface area contributed by atoms with Gasteiger partial charge in [-0.3, -0.25) is 14.4 Å². The number of esters is 1. The van der Waals surface area contributed by atoms with Crippen LogP contribution in [0.25, 0.3) is 10.8 Å². The third kappa shape index (κ3) is 5.42. The molecule has 2 amide bonds. The molecule has 0 heterocycles. The number of amides is 2. The molecule has 0 saturated heterocycles. The molecule has 0 spiro atoms. The second-order valence-corrected chi connectivity index (χ2v) is 6.77. The van der Waals surface area contributed by atoms with E-state index in [1.807, 2.05) is 62.4 Å². The first-order valence-electron chi connectivity index (χ1n) is 9.22. The maximum atomic E-state index is 12.2. The van der Waals surface area contributed by atoms with Gasteiger partial charge >= 0.3 is 5.97 Å². The van der Waals surface area contributed by atoms with Crippen molar-refractivity contribution in [2.24, 2.45) is 0 Å². The standard InChI is InChI=1S/C23H22N2O4/c1-15-7-8-16(2)20(11-15)25-21(26)14-29-22(27)13-24-23(28)19-10-9-17-5-3-4-6-18(17)12-19/h3-12H,13-14H2,1-2H3,(H,24,28)(H,25,26). The second-order valence-electron chi connectivity index (χ2n) is 6.77. The zero-order valence-corrected chi connectivity index (χ0v) is 16.3. The summed E-state index contributed by atoms with van der Waals surface area (Å²) in [6, 6.07) is 18.7. The minimum atomic E-state index is -0.685. The average molecular weight is 390 g/mol. The topological polar surface area (TPSA) is 84.5 Å². The maximum Gasteiger partial charge on any atom is 0.325 e. The first-order chi connectivity index (χ1) is 13.9. The van der Waals surface area contributed by atoms with Crippen molar-refractivity contribution in [3.63, 3.8) is 0 Å². The molecule has 2 N–H and O–H groups in total.